The number of hydrogen-bond acceptors (Lipinski definition) is 5. The van der Waals surface area contributed by atoms with Crippen molar-refractivity contribution < 1.29 is 17.9 Å². The van der Waals surface area contributed by atoms with Gasteiger partial charge in [-0.3, -0.25) is 0 Å². The van der Waals surface area contributed by atoms with E-state index in [1.54, 1.807) is 0 Å². The molecule has 0 amide bonds. The SMILES string of the molecule is CC(CS(=O)(=O)N1CCOCC1N=C=O)c1ccccc1. The van der Waals surface area contributed by atoms with Crippen molar-refractivity contribution in [1.29, 1.82) is 0 Å². The first-order chi connectivity index (χ1) is 10.0. The molecule has 1 fully saturated rings. The highest BCUT2D eigenvalue weighted by Crippen LogP contribution is 2.21. The van der Waals surface area contributed by atoms with Gasteiger partial charge in [0, 0.05) is 6.54 Å². The van der Waals surface area contributed by atoms with Crippen LogP contribution in [0, 0.1) is 0 Å². The highest BCUT2D eigenvalue weighted by atomic mass is 32.2. The number of sulfonamides is 1. The molecule has 0 aromatic heterocycles. The molecular formula is C14H18N2O4S. The molecule has 0 spiro atoms. The van der Waals surface area contributed by atoms with Crippen LogP contribution in [0.3, 0.4) is 0 Å². The third-order valence-electron chi connectivity index (χ3n) is 3.44. The third kappa shape index (κ3) is 3.98. The molecule has 1 saturated heterocycles. The molecular weight excluding hydrogens is 292 g/mol. The number of benzene rings is 1. The summed E-state index contributed by atoms with van der Waals surface area (Å²) in [5.74, 6) is -0.165. The van der Waals surface area contributed by atoms with Crippen molar-refractivity contribution in [3.05, 3.63) is 35.9 Å². The molecule has 0 radical (unpaired) electrons. The lowest BCUT2D eigenvalue weighted by molar-refractivity contribution is 0.0359. The summed E-state index contributed by atoms with van der Waals surface area (Å²) in [6.07, 6.45) is 0.612. The van der Waals surface area contributed by atoms with Gasteiger partial charge in [0.1, 0.15) is 0 Å². The van der Waals surface area contributed by atoms with Gasteiger partial charge in [-0.05, 0) is 11.5 Å². The van der Waals surface area contributed by atoms with Gasteiger partial charge < -0.3 is 4.74 Å². The maximum absolute atomic E-state index is 12.5. The van der Waals surface area contributed by atoms with Gasteiger partial charge in [-0.1, -0.05) is 37.3 Å². The van der Waals surface area contributed by atoms with Gasteiger partial charge in [0.05, 0.1) is 19.0 Å². The largest absolute Gasteiger partial charge is 0.376 e. The van der Waals surface area contributed by atoms with E-state index in [0.717, 1.165) is 5.56 Å². The zero-order valence-electron chi connectivity index (χ0n) is 11.8. The molecule has 2 rings (SSSR count). The van der Waals surface area contributed by atoms with E-state index < -0.39 is 16.2 Å². The van der Waals surface area contributed by atoms with Crippen molar-refractivity contribution in [3.8, 4) is 0 Å². The summed E-state index contributed by atoms with van der Waals surface area (Å²) in [5.41, 5.74) is 0.963. The first kappa shape index (κ1) is 15.9. The van der Waals surface area contributed by atoms with Crippen LogP contribution in [0.1, 0.15) is 18.4 Å². The molecule has 1 aromatic carbocycles. The second-order valence-corrected chi connectivity index (χ2v) is 6.94. The zero-order valence-corrected chi connectivity index (χ0v) is 12.6. The zero-order chi connectivity index (χ0) is 15.3. The summed E-state index contributed by atoms with van der Waals surface area (Å²) in [5, 5.41) is 0. The van der Waals surface area contributed by atoms with Crippen molar-refractivity contribution in [2.45, 2.75) is 19.0 Å². The van der Waals surface area contributed by atoms with E-state index in [4.69, 9.17) is 4.74 Å². The van der Waals surface area contributed by atoms with E-state index in [2.05, 4.69) is 4.99 Å². The summed E-state index contributed by atoms with van der Waals surface area (Å²) in [6.45, 7) is 2.48. The average Bonchev–Trinajstić information content (AvgIpc) is 2.48. The van der Waals surface area contributed by atoms with E-state index >= 15 is 0 Å². The second kappa shape index (κ2) is 6.95. The maximum atomic E-state index is 12.5. The molecule has 1 aliphatic heterocycles. The van der Waals surface area contributed by atoms with E-state index in [9.17, 15) is 13.2 Å². The number of isocyanates is 1. The molecule has 0 bridgehead atoms. The Kier molecular flexibility index (Phi) is 5.25. The van der Waals surface area contributed by atoms with Crippen molar-refractivity contribution in [2.75, 3.05) is 25.5 Å². The number of carbonyl (C=O) groups excluding carboxylic acids is 1. The molecule has 1 aliphatic rings. The van der Waals surface area contributed by atoms with E-state index in [1.807, 2.05) is 37.3 Å². The highest BCUT2D eigenvalue weighted by Gasteiger charge is 2.34. The van der Waals surface area contributed by atoms with Gasteiger partial charge in [-0.2, -0.15) is 9.30 Å². The average molecular weight is 310 g/mol. The first-order valence-electron chi connectivity index (χ1n) is 6.74. The lowest BCUT2D eigenvalue weighted by atomic mass is 10.0. The summed E-state index contributed by atoms with van der Waals surface area (Å²) in [6, 6.07) is 9.46. The minimum atomic E-state index is -3.52. The minimum Gasteiger partial charge on any atom is -0.376 e. The number of hydrogen-bond donors (Lipinski definition) is 0. The Morgan fingerprint density at radius 2 is 2.14 bits per heavy atom. The second-order valence-electron chi connectivity index (χ2n) is 4.98. The Bertz CT molecular complexity index is 611. The van der Waals surface area contributed by atoms with Gasteiger partial charge in [0.15, 0.2) is 6.17 Å². The number of rotatable bonds is 5. The fraction of sp³-hybridized carbons (Fsp3) is 0.500. The molecule has 0 aliphatic carbocycles. The van der Waals surface area contributed by atoms with Crippen molar-refractivity contribution in [1.82, 2.24) is 4.31 Å². The summed E-state index contributed by atoms with van der Waals surface area (Å²) in [4.78, 5) is 13.9. The fourth-order valence-electron chi connectivity index (χ4n) is 2.35. The van der Waals surface area contributed by atoms with Crippen LogP contribution < -0.4 is 0 Å². The highest BCUT2D eigenvalue weighted by molar-refractivity contribution is 7.89. The van der Waals surface area contributed by atoms with Gasteiger partial charge >= 0.3 is 0 Å². The van der Waals surface area contributed by atoms with Gasteiger partial charge in [0.25, 0.3) is 0 Å². The summed E-state index contributed by atoms with van der Waals surface area (Å²) in [7, 11) is -3.52. The summed E-state index contributed by atoms with van der Waals surface area (Å²) >= 11 is 0. The van der Waals surface area contributed by atoms with E-state index in [1.165, 1.54) is 10.4 Å². The molecule has 6 nitrogen and oxygen atoms in total. The quantitative estimate of drug-likeness (QED) is 0.603. The van der Waals surface area contributed by atoms with Crippen LogP contribution in [0.5, 0.6) is 0 Å². The third-order valence-corrected chi connectivity index (χ3v) is 5.51. The minimum absolute atomic E-state index is 0.0259. The van der Waals surface area contributed by atoms with Crippen molar-refractivity contribution in [2.24, 2.45) is 4.99 Å². The lowest BCUT2D eigenvalue weighted by Crippen LogP contribution is -2.48. The van der Waals surface area contributed by atoms with Crippen LogP contribution in [0.15, 0.2) is 35.3 Å². The van der Waals surface area contributed by atoms with Crippen molar-refractivity contribution >= 4 is 16.1 Å². The molecule has 7 heteroatoms. The predicted molar refractivity (Wildman–Crippen MR) is 78.1 cm³/mol. The van der Waals surface area contributed by atoms with Crippen LogP contribution >= 0.6 is 0 Å². The van der Waals surface area contributed by atoms with Crippen molar-refractivity contribution in [3.63, 3.8) is 0 Å². The Morgan fingerprint density at radius 1 is 1.43 bits per heavy atom. The Morgan fingerprint density at radius 3 is 2.81 bits per heavy atom. The van der Waals surface area contributed by atoms with Crippen LogP contribution in [-0.2, 0) is 19.6 Å². The Labute approximate surface area is 124 Å². The van der Waals surface area contributed by atoms with Gasteiger partial charge in [-0.15, -0.1) is 0 Å². The van der Waals surface area contributed by atoms with Gasteiger partial charge in [0.2, 0.25) is 16.1 Å². The predicted octanol–water partition coefficient (Wildman–Crippen LogP) is 1.11. The first-order valence-corrected chi connectivity index (χ1v) is 8.34. The molecule has 114 valence electrons. The molecule has 2 unspecified atom stereocenters. The fourth-order valence-corrected chi connectivity index (χ4v) is 4.20. The Balaban J connectivity index is 2.15. The molecule has 1 aromatic rings. The van der Waals surface area contributed by atoms with Gasteiger partial charge in [-0.25, -0.2) is 13.2 Å². The van der Waals surface area contributed by atoms with Crippen LogP contribution in [0.4, 0.5) is 0 Å². The summed E-state index contributed by atoms with van der Waals surface area (Å²) < 4.78 is 31.5. The number of nitrogens with zero attached hydrogens (tertiary/aromatic N) is 2. The van der Waals surface area contributed by atoms with Crippen LogP contribution in [0.25, 0.3) is 0 Å². The number of ether oxygens (including phenoxy) is 1. The number of aliphatic imine (C=N–C) groups is 1. The molecule has 1 heterocycles. The standard InChI is InChI=1S/C14H18N2O4S/c1-12(13-5-3-2-4-6-13)10-21(18,19)16-7-8-20-9-14(16)15-11-17/h2-6,12,14H,7-10H2,1H3. The molecule has 21 heavy (non-hydrogen) atoms. The molecule has 0 N–H and O–H groups in total. The lowest BCUT2D eigenvalue weighted by Gasteiger charge is -2.31. The Hall–Kier alpha value is -1.53. The maximum Gasteiger partial charge on any atom is 0.236 e. The van der Waals surface area contributed by atoms with Crippen LogP contribution in [0.2, 0.25) is 0 Å². The van der Waals surface area contributed by atoms with E-state index in [-0.39, 0.29) is 24.8 Å². The molecule has 0 saturated carbocycles. The smallest absolute Gasteiger partial charge is 0.236 e. The van der Waals surface area contributed by atoms with Crippen LogP contribution in [-0.4, -0.2) is 50.5 Å². The number of morpholine rings is 1. The monoisotopic (exact) mass is 310 g/mol. The van der Waals surface area contributed by atoms with E-state index in [0.29, 0.717) is 6.61 Å². The molecule has 2 atom stereocenters. The normalized spacial score (nSPS) is 21.5. The topological polar surface area (TPSA) is 76.0 Å².